The molecule has 1 aliphatic heterocycles. The van der Waals surface area contributed by atoms with E-state index in [0.717, 1.165) is 63.3 Å². The molecule has 0 saturated carbocycles. The molecule has 0 atom stereocenters. The fraction of sp³-hybridized carbons (Fsp3) is 0.700. The Bertz CT molecular complexity index is 583. The van der Waals surface area contributed by atoms with Gasteiger partial charge in [-0.05, 0) is 39.3 Å². The van der Waals surface area contributed by atoms with Crippen molar-refractivity contribution >= 4 is 35.8 Å². The van der Waals surface area contributed by atoms with Crippen molar-refractivity contribution in [2.75, 3.05) is 57.9 Å². The Morgan fingerprint density at radius 1 is 1.21 bits per heavy atom. The molecule has 2 heterocycles. The normalized spacial score (nSPS) is 15.7. The average molecular weight is 504 g/mol. The first-order valence-electron chi connectivity index (χ1n) is 9.97. The molecule has 1 aromatic rings. The second-order valence-electron chi connectivity index (χ2n) is 7.39. The van der Waals surface area contributed by atoms with Crippen molar-refractivity contribution < 1.29 is 4.74 Å². The van der Waals surface area contributed by atoms with Gasteiger partial charge in [-0.2, -0.15) is 0 Å². The van der Waals surface area contributed by atoms with Crippen LogP contribution in [0, 0.1) is 0 Å². The lowest BCUT2D eigenvalue weighted by Gasteiger charge is -2.41. The lowest BCUT2D eigenvalue weighted by Crippen LogP contribution is -2.56. The molecule has 28 heavy (non-hydrogen) atoms. The number of anilines is 1. The Morgan fingerprint density at radius 2 is 1.89 bits per heavy atom. The number of ether oxygens (including phenoxy) is 1. The van der Waals surface area contributed by atoms with Gasteiger partial charge in [-0.1, -0.05) is 6.07 Å². The zero-order valence-electron chi connectivity index (χ0n) is 18.0. The van der Waals surface area contributed by atoms with Crippen molar-refractivity contribution in [3.63, 3.8) is 0 Å². The standard InChI is InChI=1S/C20H36N6O.HI/c1-6-25(7-2)18-9-8-17(14-22-18)15-23-19(21-5)24-16-20(3,4)26-10-12-27-13-11-26;/h8-9,14H,6-7,10-13,15-16H2,1-5H3,(H2,21,23,24);1H. The largest absolute Gasteiger partial charge is 0.379 e. The second kappa shape index (κ2) is 12.4. The molecule has 1 fully saturated rings. The van der Waals surface area contributed by atoms with Gasteiger partial charge in [0.2, 0.25) is 0 Å². The lowest BCUT2D eigenvalue weighted by molar-refractivity contribution is -0.00834. The summed E-state index contributed by atoms with van der Waals surface area (Å²) in [6.45, 7) is 15.9. The number of halogens is 1. The maximum Gasteiger partial charge on any atom is 0.191 e. The van der Waals surface area contributed by atoms with E-state index in [2.05, 4.69) is 70.2 Å². The number of rotatable bonds is 8. The molecular weight excluding hydrogens is 467 g/mol. The number of aliphatic imine (C=N–C) groups is 1. The molecule has 2 N–H and O–H groups in total. The summed E-state index contributed by atoms with van der Waals surface area (Å²) >= 11 is 0. The van der Waals surface area contributed by atoms with E-state index in [0.29, 0.717) is 6.54 Å². The molecule has 0 aliphatic carbocycles. The summed E-state index contributed by atoms with van der Waals surface area (Å²) in [4.78, 5) is 13.6. The van der Waals surface area contributed by atoms with Crippen molar-refractivity contribution in [1.82, 2.24) is 20.5 Å². The van der Waals surface area contributed by atoms with Crippen LogP contribution in [0.2, 0.25) is 0 Å². The van der Waals surface area contributed by atoms with Gasteiger partial charge in [-0.15, -0.1) is 24.0 Å². The van der Waals surface area contributed by atoms with E-state index in [9.17, 15) is 0 Å². The quantitative estimate of drug-likeness (QED) is 0.322. The molecule has 0 bridgehead atoms. The average Bonchev–Trinajstić information content (AvgIpc) is 2.70. The summed E-state index contributed by atoms with van der Waals surface area (Å²) in [5.74, 6) is 1.84. The predicted octanol–water partition coefficient (Wildman–Crippen LogP) is 2.32. The van der Waals surface area contributed by atoms with Crippen LogP contribution in [-0.2, 0) is 11.3 Å². The molecule has 2 rings (SSSR count). The zero-order valence-corrected chi connectivity index (χ0v) is 20.3. The first-order valence-corrected chi connectivity index (χ1v) is 9.97. The third kappa shape index (κ3) is 7.36. The third-order valence-corrected chi connectivity index (χ3v) is 5.14. The molecule has 1 saturated heterocycles. The minimum atomic E-state index is 0. The van der Waals surface area contributed by atoms with Crippen LogP contribution in [0.15, 0.2) is 23.3 Å². The molecule has 0 unspecified atom stereocenters. The van der Waals surface area contributed by atoms with Crippen molar-refractivity contribution in [3.8, 4) is 0 Å². The molecule has 7 nitrogen and oxygen atoms in total. The minimum absolute atomic E-state index is 0. The fourth-order valence-corrected chi connectivity index (χ4v) is 3.24. The summed E-state index contributed by atoms with van der Waals surface area (Å²) in [6, 6.07) is 4.21. The van der Waals surface area contributed by atoms with Crippen LogP contribution in [-0.4, -0.2) is 74.4 Å². The number of nitrogens with one attached hydrogen (secondary N) is 2. The van der Waals surface area contributed by atoms with Gasteiger partial charge >= 0.3 is 0 Å². The van der Waals surface area contributed by atoms with Gasteiger partial charge in [0.1, 0.15) is 5.82 Å². The molecule has 160 valence electrons. The van der Waals surface area contributed by atoms with Gasteiger partial charge in [0.25, 0.3) is 0 Å². The summed E-state index contributed by atoms with van der Waals surface area (Å²) in [5.41, 5.74) is 1.19. The van der Waals surface area contributed by atoms with Crippen LogP contribution in [0.3, 0.4) is 0 Å². The number of hydrogen-bond donors (Lipinski definition) is 2. The molecule has 0 aromatic carbocycles. The molecule has 8 heteroatoms. The fourth-order valence-electron chi connectivity index (χ4n) is 3.24. The maximum absolute atomic E-state index is 5.46. The summed E-state index contributed by atoms with van der Waals surface area (Å²) in [5, 5.41) is 6.83. The van der Waals surface area contributed by atoms with Crippen LogP contribution in [0.1, 0.15) is 33.3 Å². The number of morpholine rings is 1. The lowest BCUT2D eigenvalue weighted by atomic mass is 10.0. The first-order chi connectivity index (χ1) is 13.0. The van der Waals surface area contributed by atoms with Crippen molar-refractivity contribution in [2.24, 2.45) is 4.99 Å². The van der Waals surface area contributed by atoms with E-state index in [1.54, 1.807) is 7.05 Å². The van der Waals surface area contributed by atoms with E-state index < -0.39 is 0 Å². The number of hydrogen-bond acceptors (Lipinski definition) is 5. The van der Waals surface area contributed by atoms with Crippen LogP contribution < -0.4 is 15.5 Å². The van der Waals surface area contributed by atoms with Crippen molar-refractivity contribution in [2.45, 2.75) is 39.8 Å². The third-order valence-electron chi connectivity index (χ3n) is 5.14. The first kappa shape index (κ1) is 24.9. The van der Waals surface area contributed by atoms with Gasteiger partial charge in [-0.25, -0.2) is 4.98 Å². The molecule has 1 aromatic heterocycles. The van der Waals surface area contributed by atoms with Gasteiger partial charge in [0.15, 0.2) is 5.96 Å². The molecular formula is C20H37IN6O. The second-order valence-corrected chi connectivity index (χ2v) is 7.39. The van der Waals surface area contributed by atoms with Gasteiger partial charge < -0.3 is 20.3 Å². The van der Waals surface area contributed by atoms with Gasteiger partial charge in [0.05, 0.1) is 13.2 Å². The van der Waals surface area contributed by atoms with Crippen LogP contribution in [0.25, 0.3) is 0 Å². The topological polar surface area (TPSA) is 65.0 Å². The number of pyridine rings is 1. The monoisotopic (exact) mass is 504 g/mol. The highest BCUT2D eigenvalue weighted by molar-refractivity contribution is 14.0. The van der Waals surface area contributed by atoms with Gasteiger partial charge in [0, 0.05) is 58.1 Å². The zero-order chi connectivity index (χ0) is 19.7. The smallest absolute Gasteiger partial charge is 0.191 e. The van der Waals surface area contributed by atoms with E-state index in [4.69, 9.17) is 4.74 Å². The Morgan fingerprint density at radius 3 is 2.43 bits per heavy atom. The predicted molar refractivity (Wildman–Crippen MR) is 128 cm³/mol. The maximum atomic E-state index is 5.46. The van der Waals surface area contributed by atoms with Crippen molar-refractivity contribution in [1.29, 1.82) is 0 Å². The Kier molecular flexibility index (Phi) is 11.1. The van der Waals surface area contributed by atoms with E-state index in [1.165, 1.54) is 0 Å². The van der Waals surface area contributed by atoms with E-state index in [1.807, 2.05) is 6.20 Å². The van der Waals surface area contributed by atoms with Crippen LogP contribution >= 0.6 is 24.0 Å². The molecule has 0 radical (unpaired) electrons. The molecule has 0 amide bonds. The number of nitrogens with zero attached hydrogens (tertiary/aromatic N) is 4. The summed E-state index contributed by atoms with van der Waals surface area (Å²) in [6.07, 6.45) is 1.94. The molecule has 0 spiro atoms. The number of aromatic nitrogens is 1. The van der Waals surface area contributed by atoms with Crippen LogP contribution in [0.4, 0.5) is 5.82 Å². The Balaban J connectivity index is 0.00000392. The number of guanidine groups is 1. The molecule has 1 aliphatic rings. The Labute approximate surface area is 187 Å². The Hall–Kier alpha value is -1.13. The summed E-state index contributed by atoms with van der Waals surface area (Å²) in [7, 11) is 1.80. The summed E-state index contributed by atoms with van der Waals surface area (Å²) < 4.78 is 5.46. The highest BCUT2D eigenvalue weighted by Crippen LogP contribution is 2.15. The van der Waals surface area contributed by atoms with Crippen molar-refractivity contribution in [3.05, 3.63) is 23.9 Å². The van der Waals surface area contributed by atoms with E-state index >= 15 is 0 Å². The highest BCUT2D eigenvalue weighted by atomic mass is 127. The SMILES string of the molecule is CCN(CC)c1ccc(CNC(=NC)NCC(C)(C)N2CCOCC2)cn1.I. The minimum Gasteiger partial charge on any atom is -0.379 e. The highest BCUT2D eigenvalue weighted by Gasteiger charge is 2.28. The van der Waals surface area contributed by atoms with Gasteiger partial charge in [-0.3, -0.25) is 9.89 Å². The van der Waals surface area contributed by atoms with E-state index in [-0.39, 0.29) is 29.5 Å². The van der Waals surface area contributed by atoms with Crippen LogP contribution in [0.5, 0.6) is 0 Å².